The second-order valence-corrected chi connectivity index (χ2v) is 9.38. The van der Waals surface area contributed by atoms with Gasteiger partial charge in [0.15, 0.2) is 0 Å². The molecule has 0 bridgehead atoms. The van der Waals surface area contributed by atoms with Gasteiger partial charge in [0.2, 0.25) is 5.91 Å². The zero-order chi connectivity index (χ0) is 25.0. The molecule has 0 heterocycles. The van der Waals surface area contributed by atoms with E-state index in [-0.39, 0.29) is 12.5 Å². The zero-order valence-electron chi connectivity index (χ0n) is 20.4. The van der Waals surface area contributed by atoms with Gasteiger partial charge in [-0.1, -0.05) is 48.5 Å². The number of carbonyl (C=O) groups is 3. The maximum Gasteiger partial charge on any atom is 0.407 e. The largest absolute Gasteiger partial charge is 0.480 e. The van der Waals surface area contributed by atoms with Crippen molar-refractivity contribution in [2.45, 2.75) is 37.8 Å². The fourth-order valence-corrected chi connectivity index (χ4v) is 4.08. The number of hydrogen-bond donors (Lipinski definition) is 2. The molecule has 0 aliphatic heterocycles. The van der Waals surface area contributed by atoms with Crippen LogP contribution < -0.4 is 5.32 Å². The Hall–Kier alpha value is -3.39. The number of ether oxygens (including phenoxy) is 1. The first kappa shape index (κ1) is 25.2. The van der Waals surface area contributed by atoms with E-state index in [9.17, 15) is 19.5 Å². The van der Waals surface area contributed by atoms with Gasteiger partial charge in [0.25, 0.3) is 0 Å². The number of aliphatic carboxylic acids is 1. The van der Waals surface area contributed by atoms with Crippen molar-refractivity contribution in [3.8, 4) is 11.1 Å². The highest BCUT2D eigenvalue weighted by molar-refractivity contribution is 5.90. The maximum atomic E-state index is 13.1. The van der Waals surface area contributed by atoms with Crippen LogP contribution in [0.4, 0.5) is 4.79 Å². The topological polar surface area (TPSA) is 99.2 Å². The van der Waals surface area contributed by atoms with E-state index in [4.69, 9.17) is 4.74 Å². The zero-order valence-corrected chi connectivity index (χ0v) is 20.4. The SMILES string of the molecule is CN(C)CCC(NC(=O)OCC1c2ccccc2-c2ccccc21)C(=O)N(C)C(C)(C)C(=O)O. The van der Waals surface area contributed by atoms with E-state index in [0.717, 1.165) is 27.2 Å². The number of likely N-dealkylation sites (N-methyl/N-ethyl adjacent to an activating group) is 1. The quantitative estimate of drug-likeness (QED) is 0.588. The number of carbonyl (C=O) groups excluding carboxylic acids is 2. The lowest BCUT2D eigenvalue weighted by molar-refractivity contribution is -0.156. The number of alkyl carbamates (subject to hydrolysis) is 1. The standard InChI is InChI=1S/C26H33N3O5/c1-26(2,24(31)32)29(5)23(30)22(14-15-28(3)4)27-25(33)34-16-21-19-12-8-6-10-17(19)18-11-7-9-13-20(18)21/h6-13,21-22H,14-16H2,1-5H3,(H,27,33)(H,31,32). The molecule has 1 aliphatic rings. The Morgan fingerprint density at radius 2 is 1.53 bits per heavy atom. The molecule has 0 saturated carbocycles. The molecule has 0 spiro atoms. The van der Waals surface area contributed by atoms with Crippen LogP contribution in [0.25, 0.3) is 11.1 Å². The Labute approximate surface area is 200 Å². The summed E-state index contributed by atoms with van der Waals surface area (Å²) in [7, 11) is 5.15. The molecular formula is C26H33N3O5. The predicted octanol–water partition coefficient (Wildman–Crippen LogP) is 3.17. The van der Waals surface area contributed by atoms with Gasteiger partial charge >= 0.3 is 12.1 Å². The molecule has 1 aliphatic carbocycles. The minimum absolute atomic E-state index is 0.0947. The molecule has 0 aromatic heterocycles. The molecule has 3 rings (SSSR count). The average Bonchev–Trinajstić information content (AvgIpc) is 3.13. The number of carboxylic acids is 1. The third-order valence-electron chi connectivity index (χ3n) is 6.49. The van der Waals surface area contributed by atoms with Crippen LogP contribution in [0.2, 0.25) is 0 Å². The number of nitrogens with zero attached hydrogens (tertiary/aromatic N) is 2. The minimum Gasteiger partial charge on any atom is -0.480 e. The number of carboxylic acid groups (broad SMARTS) is 1. The Morgan fingerprint density at radius 1 is 1.00 bits per heavy atom. The summed E-state index contributed by atoms with van der Waals surface area (Å²) in [6.45, 7) is 3.55. The Morgan fingerprint density at radius 3 is 2.03 bits per heavy atom. The summed E-state index contributed by atoms with van der Waals surface area (Å²) in [5.74, 6) is -1.71. The number of hydrogen-bond acceptors (Lipinski definition) is 5. The number of amides is 2. The van der Waals surface area contributed by atoms with Crippen molar-refractivity contribution in [3.05, 3.63) is 59.7 Å². The van der Waals surface area contributed by atoms with Gasteiger partial charge in [-0.3, -0.25) is 4.79 Å². The van der Waals surface area contributed by atoms with Crippen LogP contribution in [0, 0.1) is 0 Å². The van der Waals surface area contributed by atoms with Crippen molar-refractivity contribution >= 4 is 18.0 Å². The molecule has 1 atom stereocenters. The van der Waals surface area contributed by atoms with Gasteiger partial charge in [0, 0.05) is 13.0 Å². The van der Waals surface area contributed by atoms with Crippen molar-refractivity contribution in [1.29, 1.82) is 0 Å². The van der Waals surface area contributed by atoms with Crippen molar-refractivity contribution in [2.75, 3.05) is 34.3 Å². The Bertz CT molecular complexity index is 1020. The normalized spacial score (nSPS) is 13.7. The van der Waals surface area contributed by atoms with Gasteiger partial charge in [-0.25, -0.2) is 9.59 Å². The highest BCUT2D eigenvalue weighted by Gasteiger charge is 2.38. The van der Waals surface area contributed by atoms with Crippen LogP contribution in [0.1, 0.15) is 37.3 Å². The second-order valence-electron chi connectivity index (χ2n) is 9.38. The summed E-state index contributed by atoms with van der Waals surface area (Å²) in [5, 5.41) is 12.2. The Kier molecular flexibility index (Phi) is 7.61. The monoisotopic (exact) mass is 467 g/mol. The van der Waals surface area contributed by atoms with Crippen molar-refractivity contribution in [3.63, 3.8) is 0 Å². The molecule has 0 radical (unpaired) electrons. The smallest absolute Gasteiger partial charge is 0.407 e. The number of fused-ring (bicyclic) bond motifs is 3. The summed E-state index contributed by atoms with van der Waals surface area (Å²) >= 11 is 0. The fraction of sp³-hybridized carbons (Fsp3) is 0.423. The molecule has 0 saturated heterocycles. The van der Waals surface area contributed by atoms with Gasteiger partial charge in [-0.2, -0.15) is 0 Å². The number of nitrogens with one attached hydrogen (secondary N) is 1. The molecule has 1 unspecified atom stereocenters. The third kappa shape index (κ3) is 5.22. The highest BCUT2D eigenvalue weighted by Crippen LogP contribution is 2.44. The van der Waals surface area contributed by atoms with Gasteiger partial charge in [-0.05, 0) is 63.2 Å². The molecule has 0 fully saturated rings. The molecule has 2 aromatic rings. The lowest BCUT2D eigenvalue weighted by atomic mass is 9.98. The fourth-order valence-electron chi connectivity index (χ4n) is 4.08. The first-order valence-electron chi connectivity index (χ1n) is 11.3. The first-order chi connectivity index (χ1) is 16.0. The van der Waals surface area contributed by atoms with Crippen LogP contribution in [0.3, 0.4) is 0 Å². The van der Waals surface area contributed by atoms with E-state index in [1.807, 2.05) is 55.4 Å². The van der Waals surface area contributed by atoms with E-state index < -0.39 is 29.6 Å². The van der Waals surface area contributed by atoms with Gasteiger partial charge in [-0.15, -0.1) is 0 Å². The maximum absolute atomic E-state index is 13.1. The van der Waals surface area contributed by atoms with E-state index in [2.05, 4.69) is 17.4 Å². The summed E-state index contributed by atoms with van der Waals surface area (Å²) in [4.78, 5) is 40.5. The molecule has 8 heteroatoms. The Balaban J connectivity index is 1.71. The lowest BCUT2D eigenvalue weighted by Gasteiger charge is -2.34. The second kappa shape index (κ2) is 10.3. The highest BCUT2D eigenvalue weighted by atomic mass is 16.5. The molecular weight excluding hydrogens is 434 g/mol. The number of benzene rings is 2. The molecule has 34 heavy (non-hydrogen) atoms. The summed E-state index contributed by atoms with van der Waals surface area (Å²) in [6, 6.07) is 15.2. The van der Waals surface area contributed by atoms with Crippen molar-refractivity contribution in [2.24, 2.45) is 0 Å². The lowest BCUT2D eigenvalue weighted by Crippen LogP contribution is -2.57. The first-order valence-corrected chi connectivity index (χ1v) is 11.3. The van der Waals surface area contributed by atoms with Crippen LogP contribution in [-0.2, 0) is 14.3 Å². The van der Waals surface area contributed by atoms with Crippen LogP contribution in [-0.4, -0.2) is 78.8 Å². The van der Waals surface area contributed by atoms with E-state index >= 15 is 0 Å². The van der Waals surface area contributed by atoms with Crippen LogP contribution in [0.5, 0.6) is 0 Å². The van der Waals surface area contributed by atoms with Crippen LogP contribution in [0.15, 0.2) is 48.5 Å². The summed E-state index contributed by atoms with van der Waals surface area (Å²) < 4.78 is 5.59. The average molecular weight is 468 g/mol. The molecule has 2 N–H and O–H groups in total. The predicted molar refractivity (Wildman–Crippen MR) is 130 cm³/mol. The minimum atomic E-state index is -1.42. The van der Waals surface area contributed by atoms with Crippen LogP contribution >= 0.6 is 0 Å². The number of rotatable bonds is 9. The van der Waals surface area contributed by atoms with Gasteiger partial charge in [0.05, 0.1) is 0 Å². The van der Waals surface area contributed by atoms with Gasteiger partial charge < -0.3 is 25.0 Å². The van der Waals surface area contributed by atoms with Crippen molar-refractivity contribution in [1.82, 2.24) is 15.1 Å². The molecule has 2 aromatic carbocycles. The van der Waals surface area contributed by atoms with E-state index in [0.29, 0.717) is 13.0 Å². The molecule has 182 valence electrons. The third-order valence-corrected chi connectivity index (χ3v) is 6.49. The van der Waals surface area contributed by atoms with Gasteiger partial charge in [0.1, 0.15) is 18.2 Å². The molecule has 8 nitrogen and oxygen atoms in total. The molecule has 2 amide bonds. The van der Waals surface area contributed by atoms with Crippen molar-refractivity contribution < 1.29 is 24.2 Å². The summed E-state index contributed by atoms with van der Waals surface area (Å²) in [5.41, 5.74) is 3.03. The summed E-state index contributed by atoms with van der Waals surface area (Å²) in [6.07, 6.45) is -0.392. The van der Waals surface area contributed by atoms with E-state index in [1.54, 1.807) is 0 Å². The van der Waals surface area contributed by atoms with E-state index in [1.165, 1.54) is 20.9 Å².